The molecular weight excluding hydrogens is 502 g/mol. The van der Waals surface area contributed by atoms with E-state index in [9.17, 15) is 13.2 Å². The van der Waals surface area contributed by atoms with Gasteiger partial charge in [0.05, 0.1) is 11.0 Å². The number of carbonyl (C=O) groups excluding carboxylic acids is 1. The SMILES string of the molecule is Cc1ccc(NS(=O)(=O)c2ccc3c(c2)C2OCCC2C(C2CCN(C(=O)OC(C)(C)C)CC2)N3)cc1C. The standard InChI is InChI=1S/C29H39N3O5S/c1-18-6-7-21(16-19(18)2)31-38(34,35)22-8-9-25-24(17-22)27-23(12-15-36-27)26(30-25)20-10-13-32(14-11-20)28(33)37-29(3,4)5/h6-9,16-17,20,23,26-27,30-31H,10-15H2,1-5H3. The van der Waals surface area contributed by atoms with Crippen LogP contribution in [0.2, 0.25) is 0 Å². The number of likely N-dealkylation sites (tertiary alicyclic amines) is 1. The fourth-order valence-electron chi connectivity index (χ4n) is 5.91. The molecule has 3 atom stereocenters. The van der Waals surface area contributed by atoms with Crippen LogP contribution in [0.1, 0.15) is 62.8 Å². The van der Waals surface area contributed by atoms with Gasteiger partial charge in [-0.25, -0.2) is 13.2 Å². The molecule has 2 aromatic rings. The summed E-state index contributed by atoms with van der Waals surface area (Å²) < 4.78 is 41.0. The zero-order chi connectivity index (χ0) is 27.2. The molecule has 1 amide bonds. The average Bonchev–Trinajstić information content (AvgIpc) is 3.35. The summed E-state index contributed by atoms with van der Waals surface area (Å²) in [6.45, 7) is 11.6. The lowest BCUT2D eigenvalue weighted by Gasteiger charge is -2.43. The summed E-state index contributed by atoms with van der Waals surface area (Å²) in [6.07, 6.45) is 2.32. The van der Waals surface area contributed by atoms with Crippen LogP contribution in [0.5, 0.6) is 0 Å². The molecule has 0 bridgehead atoms. The molecule has 0 aromatic heterocycles. The number of aryl methyl sites for hydroxylation is 2. The molecule has 0 aliphatic carbocycles. The van der Waals surface area contributed by atoms with Crippen LogP contribution in [0.3, 0.4) is 0 Å². The number of hydrogen-bond acceptors (Lipinski definition) is 6. The summed E-state index contributed by atoms with van der Waals surface area (Å²) in [7, 11) is -3.75. The number of anilines is 2. The van der Waals surface area contributed by atoms with E-state index in [1.807, 2.05) is 52.8 Å². The highest BCUT2D eigenvalue weighted by molar-refractivity contribution is 7.92. The first-order valence-corrected chi connectivity index (χ1v) is 15.0. The maximum Gasteiger partial charge on any atom is 0.410 e. The normalized spacial score (nSPS) is 23.8. The third-order valence-corrected chi connectivity index (χ3v) is 9.40. The Morgan fingerprint density at radius 3 is 2.47 bits per heavy atom. The van der Waals surface area contributed by atoms with E-state index in [1.165, 1.54) is 0 Å². The summed E-state index contributed by atoms with van der Waals surface area (Å²) in [6, 6.07) is 11.1. The second kappa shape index (κ2) is 10.1. The van der Waals surface area contributed by atoms with Gasteiger partial charge in [0.25, 0.3) is 10.0 Å². The molecule has 9 heteroatoms. The first kappa shape index (κ1) is 26.8. The van der Waals surface area contributed by atoms with Crippen molar-refractivity contribution in [1.82, 2.24) is 4.90 Å². The number of amides is 1. The number of piperidine rings is 1. The number of sulfonamides is 1. The molecule has 0 saturated carbocycles. The van der Waals surface area contributed by atoms with Crippen molar-refractivity contribution < 1.29 is 22.7 Å². The van der Waals surface area contributed by atoms with E-state index >= 15 is 0 Å². The molecule has 2 fully saturated rings. The van der Waals surface area contributed by atoms with Crippen LogP contribution in [-0.4, -0.2) is 50.8 Å². The van der Waals surface area contributed by atoms with Gasteiger partial charge in [0, 0.05) is 48.6 Å². The molecule has 3 heterocycles. The lowest BCUT2D eigenvalue weighted by molar-refractivity contribution is 0.0151. The largest absolute Gasteiger partial charge is 0.444 e. The predicted molar refractivity (Wildman–Crippen MR) is 148 cm³/mol. The van der Waals surface area contributed by atoms with Gasteiger partial charge in [-0.2, -0.15) is 0 Å². The smallest absolute Gasteiger partial charge is 0.410 e. The zero-order valence-corrected chi connectivity index (χ0v) is 23.7. The minimum Gasteiger partial charge on any atom is -0.444 e. The first-order chi connectivity index (χ1) is 17.9. The number of fused-ring (bicyclic) bond motifs is 3. The second-order valence-corrected chi connectivity index (χ2v) is 13.6. The van der Waals surface area contributed by atoms with Gasteiger partial charge < -0.3 is 19.7 Å². The van der Waals surface area contributed by atoms with Gasteiger partial charge >= 0.3 is 6.09 Å². The van der Waals surface area contributed by atoms with Gasteiger partial charge in [0.15, 0.2) is 0 Å². The van der Waals surface area contributed by atoms with Crippen molar-refractivity contribution in [3.05, 3.63) is 53.1 Å². The van der Waals surface area contributed by atoms with Crippen LogP contribution in [0, 0.1) is 25.7 Å². The Bertz CT molecular complexity index is 1310. The summed E-state index contributed by atoms with van der Waals surface area (Å²) in [5.74, 6) is 0.650. The van der Waals surface area contributed by atoms with Crippen LogP contribution in [0.15, 0.2) is 41.3 Å². The third kappa shape index (κ3) is 5.50. The Morgan fingerprint density at radius 1 is 1.05 bits per heavy atom. The maximum atomic E-state index is 13.2. The molecule has 2 saturated heterocycles. The fraction of sp³-hybridized carbons (Fsp3) is 0.552. The predicted octanol–water partition coefficient (Wildman–Crippen LogP) is 5.62. The number of benzene rings is 2. The highest BCUT2D eigenvalue weighted by Gasteiger charge is 2.45. The van der Waals surface area contributed by atoms with E-state index in [1.54, 1.807) is 23.1 Å². The lowest BCUT2D eigenvalue weighted by atomic mass is 9.75. The van der Waals surface area contributed by atoms with Crippen molar-refractivity contribution in [2.75, 3.05) is 29.7 Å². The Morgan fingerprint density at radius 2 is 1.79 bits per heavy atom. The van der Waals surface area contributed by atoms with Crippen LogP contribution in [0.4, 0.5) is 16.2 Å². The number of nitrogens with zero attached hydrogens (tertiary/aromatic N) is 1. The van der Waals surface area contributed by atoms with Crippen molar-refractivity contribution in [2.45, 2.75) is 76.5 Å². The molecule has 5 rings (SSSR count). The van der Waals surface area contributed by atoms with E-state index in [-0.39, 0.29) is 29.1 Å². The molecule has 3 aliphatic heterocycles. The molecular formula is C29H39N3O5S. The van der Waals surface area contributed by atoms with Crippen molar-refractivity contribution in [3.8, 4) is 0 Å². The molecule has 0 spiro atoms. The molecule has 0 radical (unpaired) electrons. The van der Waals surface area contributed by atoms with Crippen molar-refractivity contribution in [2.24, 2.45) is 11.8 Å². The van der Waals surface area contributed by atoms with Gasteiger partial charge in [-0.3, -0.25) is 4.72 Å². The second-order valence-electron chi connectivity index (χ2n) is 11.9. The van der Waals surface area contributed by atoms with Crippen molar-refractivity contribution >= 4 is 27.5 Å². The summed E-state index contributed by atoms with van der Waals surface area (Å²) in [5, 5.41) is 3.73. The lowest BCUT2D eigenvalue weighted by Crippen LogP contribution is -2.48. The van der Waals surface area contributed by atoms with Gasteiger partial charge in [0.2, 0.25) is 0 Å². The maximum absolute atomic E-state index is 13.2. The van der Waals surface area contributed by atoms with E-state index in [2.05, 4.69) is 10.0 Å². The Hall–Kier alpha value is -2.78. The van der Waals surface area contributed by atoms with Gasteiger partial charge in [0.1, 0.15) is 5.60 Å². The summed E-state index contributed by atoms with van der Waals surface area (Å²) in [5.41, 5.74) is 4.03. The van der Waals surface area contributed by atoms with E-state index in [0.717, 1.165) is 41.6 Å². The fourth-order valence-corrected chi connectivity index (χ4v) is 6.99. The van der Waals surface area contributed by atoms with Gasteiger partial charge in [-0.15, -0.1) is 0 Å². The first-order valence-electron chi connectivity index (χ1n) is 13.5. The molecule has 3 aliphatic rings. The van der Waals surface area contributed by atoms with Crippen molar-refractivity contribution in [1.29, 1.82) is 0 Å². The average molecular weight is 542 g/mol. The Kier molecular flexibility index (Phi) is 7.11. The Labute approximate surface area is 226 Å². The number of ether oxygens (including phenoxy) is 2. The molecule has 206 valence electrons. The minimum atomic E-state index is -3.75. The van der Waals surface area contributed by atoms with Gasteiger partial charge in [-0.05, 0) is 101 Å². The third-order valence-electron chi connectivity index (χ3n) is 8.02. The number of nitrogens with one attached hydrogen (secondary N) is 2. The van der Waals surface area contributed by atoms with E-state index < -0.39 is 15.6 Å². The Balaban J connectivity index is 1.31. The number of carbonyl (C=O) groups is 1. The van der Waals surface area contributed by atoms with E-state index in [4.69, 9.17) is 9.47 Å². The van der Waals surface area contributed by atoms with E-state index in [0.29, 0.717) is 31.3 Å². The molecule has 2 aromatic carbocycles. The monoisotopic (exact) mass is 541 g/mol. The minimum absolute atomic E-state index is 0.142. The number of rotatable bonds is 4. The van der Waals surface area contributed by atoms with Crippen LogP contribution < -0.4 is 10.0 Å². The number of hydrogen-bond donors (Lipinski definition) is 2. The summed E-state index contributed by atoms with van der Waals surface area (Å²) >= 11 is 0. The molecule has 2 N–H and O–H groups in total. The molecule has 3 unspecified atom stereocenters. The molecule has 8 nitrogen and oxygen atoms in total. The topological polar surface area (TPSA) is 97.0 Å². The zero-order valence-electron chi connectivity index (χ0n) is 22.9. The van der Waals surface area contributed by atoms with Gasteiger partial charge in [-0.1, -0.05) is 6.07 Å². The van der Waals surface area contributed by atoms with Crippen LogP contribution in [-0.2, 0) is 19.5 Å². The summed E-state index contributed by atoms with van der Waals surface area (Å²) in [4.78, 5) is 14.6. The highest BCUT2D eigenvalue weighted by atomic mass is 32.2. The van der Waals surface area contributed by atoms with Crippen LogP contribution in [0.25, 0.3) is 0 Å². The van der Waals surface area contributed by atoms with Crippen molar-refractivity contribution in [3.63, 3.8) is 0 Å². The highest BCUT2D eigenvalue weighted by Crippen LogP contribution is 2.48. The van der Waals surface area contributed by atoms with Crippen LogP contribution >= 0.6 is 0 Å². The quantitative estimate of drug-likeness (QED) is 0.521. The molecule has 38 heavy (non-hydrogen) atoms.